The number of rotatable bonds is 5. The first-order valence-electron chi connectivity index (χ1n) is 9.42. The van der Waals surface area contributed by atoms with E-state index >= 15 is 0 Å². The lowest BCUT2D eigenvalue weighted by molar-refractivity contribution is -0.115. The Bertz CT molecular complexity index is 1160. The molecule has 4 rings (SSSR count). The molecule has 0 saturated carbocycles. The van der Waals surface area contributed by atoms with Crippen molar-refractivity contribution in [2.45, 2.75) is 6.42 Å². The molecule has 0 radical (unpaired) electrons. The van der Waals surface area contributed by atoms with Gasteiger partial charge in [0.2, 0.25) is 5.91 Å². The molecule has 4 aromatic carbocycles. The van der Waals surface area contributed by atoms with Crippen molar-refractivity contribution < 1.29 is 9.59 Å². The van der Waals surface area contributed by atoms with Crippen LogP contribution < -0.4 is 10.6 Å². The number of benzene rings is 4. The van der Waals surface area contributed by atoms with Crippen LogP contribution in [0.4, 0.5) is 11.4 Å². The molecule has 0 unspecified atom stereocenters. The van der Waals surface area contributed by atoms with Gasteiger partial charge in [0, 0.05) is 16.9 Å². The SMILES string of the molecule is O=C(Cc1cccc2ccccc12)Nc1cccc(NC(=O)c2ccccc2)c1. The van der Waals surface area contributed by atoms with Gasteiger partial charge in [-0.25, -0.2) is 0 Å². The minimum Gasteiger partial charge on any atom is -0.326 e. The normalized spacial score (nSPS) is 10.5. The zero-order chi connectivity index (χ0) is 20.1. The van der Waals surface area contributed by atoms with Gasteiger partial charge in [-0.3, -0.25) is 9.59 Å². The summed E-state index contributed by atoms with van der Waals surface area (Å²) in [5, 5.41) is 7.97. The second-order valence-electron chi connectivity index (χ2n) is 6.76. The van der Waals surface area contributed by atoms with E-state index in [1.165, 1.54) is 0 Å². The zero-order valence-electron chi connectivity index (χ0n) is 15.8. The van der Waals surface area contributed by atoms with E-state index in [2.05, 4.69) is 10.6 Å². The van der Waals surface area contributed by atoms with E-state index in [4.69, 9.17) is 0 Å². The van der Waals surface area contributed by atoms with E-state index in [1.807, 2.05) is 60.7 Å². The summed E-state index contributed by atoms with van der Waals surface area (Å²) in [4.78, 5) is 24.9. The van der Waals surface area contributed by atoms with Crippen LogP contribution in [0.25, 0.3) is 10.8 Å². The quantitative estimate of drug-likeness (QED) is 0.495. The van der Waals surface area contributed by atoms with Crippen molar-refractivity contribution in [3.63, 3.8) is 0 Å². The van der Waals surface area contributed by atoms with E-state index < -0.39 is 0 Å². The number of carbonyl (C=O) groups is 2. The Kier molecular flexibility index (Phi) is 5.34. The number of hydrogen-bond acceptors (Lipinski definition) is 2. The molecule has 0 aliphatic rings. The molecule has 29 heavy (non-hydrogen) atoms. The minimum absolute atomic E-state index is 0.104. The molecule has 4 nitrogen and oxygen atoms in total. The van der Waals surface area contributed by atoms with Crippen molar-refractivity contribution in [3.05, 3.63) is 108 Å². The molecule has 0 bridgehead atoms. The van der Waals surface area contributed by atoms with Crippen molar-refractivity contribution in [2.75, 3.05) is 10.6 Å². The second-order valence-corrected chi connectivity index (χ2v) is 6.76. The topological polar surface area (TPSA) is 58.2 Å². The molecule has 0 fully saturated rings. The van der Waals surface area contributed by atoms with Crippen molar-refractivity contribution in [1.82, 2.24) is 0 Å². The average molecular weight is 380 g/mol. The molecule has 142 valence electrons. The first-order chi connectivity index (χ1) is 14.2. The fourth-order valence-electron chi connectivity index (χ4n) is 3.29. The Morgan fingerprint density at radius 1 is 0.655 bits per heavy atom. The molecular formula is C25H20N2O2. The highest BCUT2D eigenvalue weighted by molar-refractivity contribution is 6.04. The van der Waals surface area contributed by atoms with Gasteiger partial charge in [-0.2, -0.15) is 0 Å². The standard InChI is InChI=1S/C25H20N2O2/c28-24(16-20-12-6-11-18-8-4-5-15-23(18)20)26-21-13-7-14-22(17-21)27-25(29)19-9-2-1-3-10-19/h1-15,17H,16H2,(H,26,28)(H,27,29). The third-order valence-corrected chi connectivity index (χ3v) is 4.67. The molecule has 0 saturated heterocycles. The predicted octanol–water partition coefficient (Wildman–Crippen LogP) is 5.27. The van der Waals surface area contributed by atoms with E-state index in [-0.39, 0.29) is 18.2 Å². The highest BCUT2D eigenvalue weighted by atomic mass is 16.2. The van der Waals surface area contributed by atoms with Crippen molar-refractivity contribution in [3.8, 4) is 0 Å². The van der Waals surface area contributed by atoms with Crippen LogP contribution >= 0.6 is 0 Å². The summed E-state index contributed by atoms with van der Waals surface area (Å²) in [6.07, 6.45) is 0.280. The smallest absolute Gasteiger partial charge is 0.255 e. The molecular weight excluding hydrogens is 360 g/mol. The van der Waals surface area contributed by atoms with Crippen LogP contribution in [0.3, 0.4) is 0 Å². The lowest BCUT2D eigenvalue weighted by atomic mass is 10.0. The maximum atomic E-state index is 12.6. The van der Waals surface area contributed by atoms with E-state index in [0.29, 0.717) is 16.9 Å². The number of fused-ring (bicyclic) bond motifs is 1. The number of nitrogens with one attached hydrogen (secondary N) is 2. The average Bonchev–Trinajstić information content (AvgIpc) is 2.75. The Balaban J connectivity index is 1.45. The third kappa shape index (κ3) is 4.50. The predicted molar refractivity (Wildman–Crippen MR) is 117 cm³/mol. The molecule has 4 heteroatoms. The lowest BCUT2D eigenvalue weighted by Crippen LogP contribution is -2.15. The van der Waals surface area contributed by atoms with Gasteiger partial charge < -0.3 is 10.6 Å². The summed E-state index contributed by atoms with van der Waals surface area (Å²) in [6, 6.07) is 30.2. The monoisotopic (exact) mass is 380 g/mol. The first kappa shape index (κ1) is 18.4. The molecule has 0 atom stereocenters. The summed E-state index contributed by atoms with van der Waals surface area (Å²) in [5.74, 6) is -0.294. The van der Waals surface area contributed by atoms with Gasteiger partial charge in [0.05, 0.1) is 6.42 Å². The Morgan fingerprint density at radius 2 is 1.31 bits per heavy atom. The minimum atomic E-state index is -0.190. The van der Waals surface area contributed by atoms with Crippen molar-refractivity contribution in [2.24, 2.45) is 0 Å². The maximum Gasteiger partial charge on any atom is 0.255 e. The summed E-state index contributed by atoms with van der Waals surface area (Å²) >= 11 is 0. The van der Waals surface area contributed by atoms with Crippen LogP contribution in [0.2, 0.25) is 0 Å². The number of carbonyl (C=O) groups excluding carboxylic acids is 2. The molecule has 4 aromatic rings. The van der Waals surface area contributed by atoms with Crippen LogP contribution in [0.15, 0.2) is 97.1 Å². The molecule has 0 heterocycles. The lowest BCUT2D eigenvalue weighted by Gasteiger charge is -2.10. The highest BCUT2D eigenvalue weighted by Crippen LogP contribution is 2.20. The van der Waals surface area contributed by atoms with Gasteiger partial charge in [-0.1, -0.05) is 66.7 Å². The van der Waals surface area contributed by atoms with E-state index in [0.717, 1.165) is 16.3 Å². The fraction of sp³-hybridized carbons (Fsp3) is 0.0400. The van der Waals surface area contributed by atoms with Gasteiger partial charge in [-0.05, 0) is 46.7 Å². The molecule has 0 spiro atoms. The number of hydrogen-bond donors (Lipinski definition) is 2. The molecule has 2 amide bonds. The summed E-state index contributed by atoms with van der Waals surface area (Å²) in [5.41, 5.74) is 2.83. The van der Waals surface area contributed by atoms with Crippen LogP contribution in [0.5, 0.6) is 0 Å². The van der Waals surface area contributed by atoms with Gasteiger partial charge in [-0.15, -0.1) is 0 Å². The van der Waals surface area contributed by atoms with Crippen LogP contribution in [0, 0.1) is 0 Å². The van der Waals surface area contributed by atoms with Crippen LogP contribution in [0.1, 0.15) is 15.9 Å². The summed E-state index contributed by atoms with van der Waals surface area (Å²) in [6.45, 7) is 0. The van der Waals surface area contributed by atoms with E-state index in [1.54, 1.807) is 36.4 Å². The molecule has 0 aromatic heterocycles. The number of amides is 2. The van der Waals surface area contributed by atoms with E-state index in [9.17, 15) is 9.59 Å². The third-order valence-electron chi connectivity index (χ3n) is 4.67. The molecule has 2 N–H and O–H groups in total. The van der Waals surface area contributed by atoms with Crippen molar-refractivity contribution in [1.29, 1.82) is 0 Å². The largest absolute Gasteiger partial charge is 0.326 e. The Morgan fingerprint density at radius 3 is 2.14 bits per heavy atom. The summed E-state index contributed by atoms with van der Waals surface area (Å²) in [7, 11) is 0. The van der Waals surface area contributed by atoms with Gasteiger partial charge in [0.15, 0.2) is 0 Å². The van der Waals surface area contributed by atoms with Gasteiger partial charge in [0.25, 0.3) is 5.91 Å². The number of anilines is 2. The highest BCUT2D eigenvalue weighted by Gasteiger charge is 2.09. The Labute approximate surface area is 169 Å². The van der Waals surface area contributed by atoms with Crippen molar-refractivity contribution >= 4 is 34.0 Å². The van der Waals surface area contributed by atoms with Crippen LogP contribution in [-0.4, -0.2) is 11.8 Å². The zero-order valence-corrected chi connectivity index (χ0v) is 15.8. The first-order valence-corrected chi connectivity index (χ1v) is 9.42. The van der Waals surface area contributed by atoms with Gasteiger partial charge >= 0.3 is 0 Å². The molecule has 0 aliphatic heterocycles. The van der Waals surface area contributed by atoms with Crippen LogP contribution in [-0.2, 0) is 11.2 Å². The maximum absolute atomic E-state index is 12.6. The Hall–Kier alpha value is -3.92. The van der Waals surface area contributed by atoms with Gasteiger partial charge in [0.1, 0.15) is 0 Å². The fourth-order valence-corrected chi connectivity index (χ4v) is 3.29. The second kappa shape index (κ2) is 8.40. The summed E-state index contributed by atoms with van der Waals surface area (Å²) < 4.78 is 0. The molecule has 0 aliphatic carbocycles.